The third-order valence-electron chi connectivity index (χ3n) is 3.01. The highest BCUT2D eigenvalue weighted by Gasteiger charge is 2.17. The quantitative estimate of drug-likeness (QED) is 0.653. The average molecular weight is 244 g/mol. The predicted octanol–water partition coefficient (Wildman–Crippen LogP) is 3.84. The number of fused-ring (bicyclic) bond motifs is 1. The molecule has 0 fully saturated rings. The number of nitrogens with zero attached hydrogens (tertiary/aromatic N) is 2. The molecule has 3 rings (SSSR count). The molecule has 3 heteroatoms. The van der Waals surface area contributed by atoms with Crippen LogP contribution in [0.3, 0.4) is 0 Å². The molecule has 0 unspecified atom stereocenters. The first-order valence-electron chi connectivity index (χ1n) is 5.76. The first-order chi connectivity index (χ1) is 9.35. The zero-order chi connectivity index (χ0) is 13.2. The predicted molar refractivity (Wildman–Crippen MR) is 71.1 cm³/mol. The number of rotatable bonds is 1. The van der Waals surface area contributed by atoms with Crippen LogP contribution < -0.4 is 0 Å². The molecular formula is C16H8N2O. The molecule has 3 nitrogen and oxygen atoms in total. The summed E-state index contributed by atoms with van der Waals surface area (Å²) in [5.41, 5.74) is 2.61. The second-order valence-electron chi connectivity index (χ2n) is 4.07. The summed E-state index contributed by atoms with van der Waals surface area (Å²) in [4.78, 5) is 0. The van der Waals surface area contributed by atoms with Crippen LogP contribution in [0.25, 0.3) is 22.1 Å². The average Bonchev–Trinajstić information content (AvgIpc) is 2.85. The summed E-state index contributed by atoms with van der Waals surface area (Å²) in [5.74, 6) is 0.240. The lowest BCUT2D eigenvalue weighted by molar-refractivity contribution is 0.600. The van der Waals surface area contributed by atoms with Gasteiger partial charge in [-0.25, -0.2) is 0 Å². The van der Waals surface area contributed by atoms with E-state index in [2.05, 4.69) is 12.1 Å². The van der Waals surface area contributed by atoms with E-state index in [1.807, 2.05) is 36.4 Å². The summed E-state index contributed by atoms with van der Waals surface area (Å²) in [5, 5.41) is 19.3. The Morgan fingerprint density at radius 3 is 2.37 bits per heavy atom. The van der Waals surface area contributed by atoms with Crippen molar-refractivity contribution in [2.75, 3.05) is 0 Å². The van der Waals surface area contributed by atoms with Crippen LogP contribution in [0.2, 0.25) is 0 Å². The number of para-hydroxylation sites is 1. The van der Waals surface area contributed by atoms with E-state index in [0.29, 0.717) is 16.7 Å². The highest BCUT2D eigenvalue weighted by Crippen LogP contribution is 2.35. The van der Waals surface area contributed by atoms with Gasteiger partial charge in [0.2, 0.25) is 5.76 Å². The van der Waals surface area contributed by atoms with Crippen molar-refractivity contribution in [1.82, 2.24) is 0 Å². The molecule has 2 aromatic carbocycles. The molecule has 0 N–H and O–H groups in total. The fourth-order valence-corrected chi connectivity index (χ4v) is 2.19. The van der Waals surface area contributed by atoms with Gasteiger partial charge in [0.15, 0.2) is 0 Å². The van der Waals surface area contributed by atoms with Gasteiger partial charge < -0.3 is 4.42 Å². The zero-order valence-corrected chi connectivity index (χ0v) is 9.92. The maximum atomic E-state index is 9.22. The highest BCUT2D eigenvalue weighted by molar-refractivity contribution is 5.98. The maximum Gasteiger partial charge on any atom is 0.212 e. The molecule has 0 radical (unpaired) electrons. The van der Waals surface area contributed by atoms with Gasteiger partial charge >= 0.3 is 0 Å². The number of nitriles is 2. The molecule has 0 bridgehead atoms. The van der Waals surface area contributed by atoms with Crippen molar-refractivity contribution in [2.45, 2.75) is 0 Å². The van der Waals surface area contributed by atoms with E-state index in [-0.39, 0.29) is 5.76 Å². The van der Waals surface area contributed by atoms with E-state index < -0.39 is 0 Å². The van der Waals surface area contributed by atoms with Crippen LogP contribution >= 0.6 is 0 Å². The monoisotopic (exact) mass is 244 g/mol. The summed E-state index contributed by atoms with van der Waals surface area (Å²) >= 11 is 0. The van der Waals surface area contributed by atoms with E-state index >= 15 is 0 Å². The van der Waals surface area contributed by atoms with Crippen molar-refractivity contribution < 1.29 is 4.42 Å². The van der Waals surface area contributed by atoms with Crippen molar-refractivity contribution in [3.05, 3.63) is 59.9 Å². The summed E-state index contributed by atoms with van der Waals surface area (Å²) in [6.45, 7) is 0. The minimum Gasteiger partial charge on any atom is -0.445 e. The lowest BCUT2D eigenvalue weighted by atomic mass is 9.98. The second-order valence-corrected chi connectivity index (χ2v) is 4.07. The SMILES string of the molecule is N#Cc1ccccc1-c1c(C#N)oc2ccccc12. The lowest BCUT2D eigenvalue weighted by Crippen LogP contribution is -1.85. The van der Waals surface area contributed by atoms with Crippen LogP contribution in [0, 0.1) is 22.7 Å². The third-order valence-corrected chi connectivity index (χ3v) is 3.01. The summed E-state index contributed by atoms with van der Waals surface area (Å²) < 4.78 is 5.53. The molecule has 19 heavy (non-hydrogen) atoms. The van der Waals surface area contributed by atoms with E-state index in [1.165, 1.54) is 0 Å². The normalized spacial score (nSPS) is 10.0. The zero-order valence-electron chi connectivity index (χ0n) is 9.92. The van der Waals surface area contributed by atoms with Crippen LogP contribution in [0.5, 0.6) is 0 Å². The Morgan fingerprint density at radius 2 is 1.58 bits per heavy atom. The maximum absolute atomic E-state index is 9.22. The van der Waals surface area contributed by atoms with Gasteiger partial charge in [-0.2, -0.15) is 10.5 Å². The number of furan rings is 1. The van der Waals surface area contributed by atoms with Crippen LogP contribution in [-0.4, -0.2) is 0 Å². The van der Waals surface area contributed by atoms with Crippen molar-refractivity contribution in [2.24, 2.45) is 0 Å². The van der Waals surface area contributed by atoms with Gasteiger partial charge in [0, 0.05) is 16.5 Å². The Bertz CT molecular complexity index is 847. The topological polar surface area (TPSA) is 60.7 Å². The molecule has 0 amide bonds. The first kappa shape index (κ1) is 11.1. The van der Waals surface area contributed by atoms with E-state index in [1.54, 1.807) is 12.1 Å². The van der Waals surface area contributed by atoms with Gasteiger partial charge in [-0.3, -0.25) is 0 Å². The molecule has 1 heterocycles. The molecule has 1 aromatic heterocycles. The second kappa shape index (κ2) is 4.33. The van der Waals surface area contributed by atoms with Crippen molar-refractivity contribution >= 4 is 11.0 Å². The van der Waals surface area contributed by atoms with E-state index in [9.17, 15) is 10.5 Å². The number of hydrogen-bond acceptors (Lipinski definition) is 3. The lowest BCUT2D eigenvalue weighted by Gasteiger charge is -2.01. The fraction of sp³-hybridized carbons (Fsp3) is 0. The minimum absolute atomic E-state index is 0.240. The van der Waals surface area contributed by atoms with Gasteiger partial charge in [0.05, 0.1) is 11.6 Å². The van der Waals surface area contributed by atoms with Crippen molar-refractivity contribution in [1.29, 1.82) is 10.5 Å². The molecule has 0 saturated carbocycles. The summed E-state index contributed by atoms with van der Waals surface area (Å²) in [6, 6.07) is 18.9. The first-order valence-corrected chi connectivity index (χ1v) is 5.76. The minimum atomic E-state index is 0.240. The Hall–Kier alpha value is -3.04. The van der Waals surface area contributed by atoms with Crippen LogP contribution in [0.15, 0.2) is 52.9 Å². The van der Waals surface area contributed by atoms with Gasteiger partial charge in [-0.05, 0) is 12.1 Å². The Balaban J connectivity index is 2.43. The molecule has 0 atom stereocenters. The number of hydrogen-bond donors (Lipinski definition) is 0. The molecule has 0 aliphatic heterocycles. The van der Waals surface area contributed by atoms with Gasteiger partial charge in [0.1, 0.15) is 11.7 Å². The van der Waals surface area contributed by atoms with E-state index in [0.717, 1.165) is 10.9 Å². The van der Waals surface area contributed by atoms with Crippen LogP contribution in [0.1, 0.15) is 11.3 Å². The molecular weight excluding hydrogens is 236 g/mol. The molecule has 0 saturated heterocycles. The number of benzene rings is 2. The van der Waals surface area contributed by atoms with Crippen molar-refractivity contribution in [3.63, 3.8) is 0 Å². The van der Waals surface area contributed by atoms with Crippen LogP contribution in [0.4, 0.5) is 0 Å². The third kappa shape index (κ3) is 1.66. The van der Waals surface area contributed by atoms with E-state index in [4.69, 9.17) is 4.42 Å². The van der Waals surface area contributed by atoms with Gasteiger partial charge in [-0.15, -0.1) is 0 Å². The molecule has 88 valence electrons. The highest BCUT2D eigenvalue weighted by atomic mass is 16.3. The molecule has 0 aliphatic carbocycles. The summed E-state index contributed by atoms with van der Waals surface area (Å²) in [6.07, 6.45) is 0. The Morgan fingerprint density at radius 1 is 0.842 bits per heavy atom. The Kier molecular flexibility index (Phi) is 2.52. The Labute approximate surface area is 109 Å². The molecule has 3 aromatic rings. The fourth-order valence-electron chi connectivity index (χ4n) is 2.19. The van der Waals surface area contributed by atoms with Gasteiger partial charge in [-0.1, -0.05) is 36.4 Å². The van der Waals surface area contributed by atoms with Gasteiger partial charge in [0.25, 0.3) is 0 Å². The molecule has 0 spiro atoms. The standard InChI is InChI=1S/C16H8N2O/c17-9-11-5-1-2-6-12(11)16-13-7-3-4-8-14(13)19-15(16)10-18/h1-8H. The summed E-state index contributed by atoms with van der Waals surface area (Å²) in [7, 11) is 0. The van der Waals surface area contributed by atoms with Crippen LogP contribution in [-0.2, 0) is 0 Å². The molecule has 0 aliphatic rings. The largest absolute Gasteiger partial charge is 0.445 e. The van der Waals surface area contributed by atoms with Crippen molar-refractivity contribution in [3.8, 4) is 23.3 Å². The smallest absolute Gasteiger partial charge is 0.212 e.